The van der Waals surface area contributed by atoms with Crippen LogP contribution >= 0.6 is 11.3 Å². The lowest BCUT2D eigenvalue weighted by Crippen LogP contribution is -2.30. The van der Waals surface area contributed by atoms with Crippen molar-refractivity contribution >= 4 is 33.1 Å². The van der Waals surface area contributed by atoms with Crippen LogP contribution in [0, 0.1) is 13.8 Å². The fourth-order valence-electron chi connectivity index (χ4n) is 2.78. The summed E-state index contributed by atoms with van der Waals surface area (Å²) in [5.41, 5.74) is 1.40. The van der Waals surface area contributed by atoms with Gasteiger partial charge in [0.25, 0.3) is 5.56 Å². The lowest BCUT2D eigenvalue weighted by molar-refractivity contribution is -0.116. The highest BCUT2D eigenvalue weighted by Crippen LogP contribution is 2.25. The van der Waals surface area contributed by atoms with E-state index >= 15 is 0 Å². The Morgan fingerprint density at radius 2 is 2.08 bits per heavy atom. The van der Waals surface area contributed by atoms with Gasteiger partial charge in [0, 0.05) is 4.88 Å². The Morgan fingerprint density at radius 3 is 2.77 bits per heavy atom. The van der Waals surface area contributed by atoms with Crippen molar-refractivity contribution in [2.45, 2.75) is 33.7 Å². The van der Waals surface area contributed by atoms with Crippen LogP contribution in [0.2, 0.25) is 0 Å². The molecule has 0 spiro atoms. The maximum Gasteiger partial charge on any atom is 0.262 e. The van der Waals surface area contributed by atoms with Gasteiger partial charge < -0.3 is 10.1 Å². The fourth-order valence-corrected chi connectivity index (χ4v) is 3.78. The highest BCUT2D eigenvalue weighted by atomic mass is 32.1. The van der Waals surface area contributed by atoms with E-state index in [0.29, 0.717) is 22.6 Å². The maximum atomic E-state index is 12.8. The van der Waals surface area contributed by atoms with Crippen molar-refractivity contribution < 1.29 is 9.53 Å². The first-order chi connectivity index (χ1) is 12.4. The summed E-state index contributed by atoms with van der Waals surface area (Å²) < 4.78 is 6.69. The molecule has 2 heterocycles. The van der Waals surface area contributed by atoms with Crippen molar-refractivity contribution in [2.75, 3.05) is 12.4 Å². The quantitative estimate of drug-likeness (QED) is 0.747. The zero-order chi connectivity index (χ0) is 18.8. The first-order valence-electron chi connectivity index (χ1n) is 8.37. The molecule has 6 nitrogen and oxygen atoms in total. The third kappa shape index (κ3) is 3.48. The summed E-state index contributed by atoms with van der Waals surface area (Å²) >= 11 is 1.52. The van der Waals surface area contributed by atoms with Gasteiger partial charge in [-0.1, -0.05) is 13.0 Å². The van der Waals surface area contributed by atoms with E-state index in [1.54, 1.807) is 20.1 Å². The lowest BCUT2D eigenvalue weighted by atomic mass is 10.2. The number of rotatable bonds is 5. The molecule has 0 aliphatic carbocycles. The number of hydrogen-bond donors (Lipinski definition) is 1. The van der Waals surface area contributed by atoms with Crippen LogP contribution in [0.1, 0.15) is 23.2 Å². The molecule has 2 aromatic heterocycles. The predicted octanol–water partition coefficient (Wildman–Crippen LogP) is 3.28. The molecule has 0 aliphatic rings. The van der Waals surface area contributed by atoms with Gasteiger partial charge in [-0.25, -0.2) is 4.98 Å². The molecular weight excluding hydrogens is 350 g/mol. The Labute approximate surface area is 155 Å². The largest absolute Gasteiger partial charge is 0.495 e. The number of carbonyl (C=O) groups is 1. The van der Waals surface area contributed by atoms with E-state index in [1.165, 1.54) is 15.9 Å². The summed E-state index contributed by atoms with van der Waals surface area (Å²) in [5.74, 6) is 0.802. The Kier molecular flexibility index (Phi) is 5.08. The Bertz CT molecular complexity index is 1040. The van der Waals surface area contributed by atoms with E-state index in [-0.39, 0.29) is 18.0 Å². The third-order valence-corrected chi connectivity index (χ3v) is 5.35. The van der Waals surface area contributed by atoms with E-state index in [2.05, 4.69) is 10.3 Å². The molecule has 1 N–H and O–H groups in total. The summed E-state index contributed by atoms with van der Waals surface area (Å²) in [4.78, 5) is 31.6. The number of benzene rings is 1. The molecule has 0 saturated carbocycles. The Balaban J connectivity index is 1.90. The Morgan fingerprint density at radius 1 is 1.31 bits per heavy atom. The molecule has 1 aromatic carbocycles. The number of aromatic nitrogens is 2. The molecule has 26 heavy (non-hydrogen) atoms. The van der Waals surface area contributed by atoms with Gasteiger partial charge in [-0.05, 0) is 44.0 Å². The maximum absolute atomic E-state index is 12.8. The number of aryl methyl sites for hydroxylation is 3. The minimum Gasteiger partial charge on any atom is -0.495 e. The van der Waals surface area contributed by atoms with E-state index in [1.807, 2.05) is 32.0 Å². The highest BCUT2D eigenvalue weighted by molar-refractivity contribution is 7.18. The van der Waals surface area contributed by atoms with Crippen LogP contribution in [-0.2, 0) is 17.8 Å². The normalized spacial score (nSPS) is 10.9. The summed E-state index contributed by atoms with van der Waals surface area (Å²) in [6.45, 7) is 5.62. The number of fused-ring (bicyclic) bond motifs is 1. The molecule has 1 amide bonds. The first kappa shape index (κ1) is 18.1. The van der Waals surface area contributed by atoms with Gasteiger partial charge in [-0.15, -0.1) is 11.3 Å². The minimum atomic E-state index is -0.300. The van der Waals surface area contributed by atoms with Crippen molar-refractivity contribution in [3.63, 3.8) is 0 Å². The van der Waals surface area contributed by atoms with Gasteiger partial charge in [-0.2, -0.15) is 0 Å². The molecule has 0 aliphatic heterocycles. The number of carbonyl (C=O) groups excluding carboxylic acids is 1. The summed E-state index contributed by atoms with van der Waals surface area (Å²) in [6.07, 6.45) is 0.854. The van der Waals surface area contributed by atoms with Gasteiger partial charge in [0.1, 0.15) is 22.9 Å². The van der Waals surface area contributed by atoms with Crippen LogP contribution in [0.15, 0.2) is 29.1 Å². The molecule has 0 radical (unpaired) electrons. The second kappa shape index (κ2) is 7.29. The van der Waals surface area contributed by atoms with Gasteiger partial charge in [0.05, 0.1) is 18.2 Å². The lowest BCUT2D eigenvalue weighted by Gasteiger charge is -2.13. The summed E-state index contributed by atoms with van der Waals surface area (Å²) in [5, 5.41) is 3.39. The topological polar surface area (TPSA) is 73.2 Å². The average molecular weight is 371 g/mol. The van der Waals surface area contributed by atoms with Crippen LogP contribution in [-0.4, -0.2) is 22.6 Å². The molecule has 3 aromatic rings. The van der Waals surface area contributed by atoms with Gasteiger partial charge in [-0.3, -0.25) is 14.2 Å². The van der Waals surface area contributed by atoms with Crippen LogP contribution in [0.3, 0.4) is 0 Å². The summed E-state index contributed by atoms with van der Waals surface area (Å²) in [7, 11) is 1.55. The van der Waals surface area contributed by atoms with Gasteiger partial charge in [0.15, 0.2) is 0 Å². The number of methoxy groups -OCH3 is 1. The molecule has 3 rings (SSSR count). The van der Waals surface area contributed by atoms with Crippen LogP contribution in [0.25, 0.3) is 10.2 Å². The van der Waals surface area contributed by atoms with E-state index in [9.17, 15) is 9.59 Å². The van der Waals surface area contributed by atoms with Crippen LogP contribution in [0.4, 0.5) is 5.69 Å². The predicted molar refractivity (Wildman–Crippen MR) is 104 cm³/mol. The second-order valence-electron chi connectivity index (χ2n) is 6.09. The first-order valence-corrected chi connectivity index (χ1v) is 9.19. The number of amides is 1. The highest BCUT2D eigenvalue weighted by Gasteiger charge is 2.15. The molecule has 0 atom stereocenters. The number of ether oxygens (including phenoxy) is 1. The minimum absolute atomic E-state index is 0.0952. The number of hydrogen-bond acceptors (Lipinski definition) is 5. The standard InChI is InChI=1S/C19H21N3O3S/c1-5-13-9-14-18(26-13)20-12(3)22(19(14)24)10-17(23)21-15-8-11(2)6-7-16(15)25-4/h6-9H,5,10H2,1-4H3,(H,21,23). The zero-order valence-electron chi connectivity index (χ0n) is 15.3. The van der Waals surface area contributed by atoms with Crippen molar-refractivity contribution in [3.8, 4) is 5.75 Å². The second-order valence-corrected chi connectivity index (χ2v) is 7.20. The van der Waals surface area contributed by atoms with E-state index in [0.717, 1.165) is 21.7 Å². The van der Waals surface area contributed by atoms with Crippen LogP contribution in [0.5, 0.6) is 5.75 Å². The molecule has 0 saturated heterocycles. The molecule has 0 fully saturated rings. The van der Waals surface area contributed by atoms with Crippen LogP contribution < -0.4 is 15.6 Å². The van der Waals surface area contributed by atoms with Crippen molar-refractivity contribution in [1.29, 1.82) is 0 Å². The average Bonchev–Trinajstić information content (AvgIpc) is 3.02. The Hall–Kier alpha value is -2.67. The molecule has 136 valence electrons. The zero-order valence-corrected chi connectivity index (χ0v) is 16.1. The van der Waals surface area contributed by atoms with Crippen molar-refractivity contribution in [2.24, 2.45) is 0 Å². The molecule has 0 unspecified atom stereocenters. The van der Waals surface area contributed by atoms with Gasteiger partial charge in [0.2, 0.25) is 5.91 Å². The number of nitrogens with zero attached hydrogens (tertiary/aromatic N) is 2. The summed E-state index contributed by atoms with van der Waals surface area (Å²) in [6, 6.07) is 7.41. The number of nitrogens with one attached hydrogen (secondary N) is 1. The SMILES string of the molecule is CCc1cc2c(=O)n(CC(=O)Nc3cc(C)ccc3OC)c(C)nc2s1. The third-order valence-electron chi connectivity index (χ3n) is 4.17. The van der Waals surface area contributed by atoms with Gasteiger partial charge >= 0.3 is 0 Å². The molecule has 0 bridgehead atoms. The van der Waals surface area contributed by atoms with E-state index < -0.39 is 0 Å². The monoisotopic (exact) mass is 371 g/mol. The molecule has 7 heteroatoms. The van der Waals surface area contributed by atoms with Crippen molar-refractivity contribution in [3.05, 3.63) is 50.9 Å². The number of thiophene rings is 1. The van der Waals surface area contributed by atoms with Crippen molar-refractivity contribution in [1.82, 2.24) is 9.55 Å². The smallest absolute Gasteiger partial charge is 0.262 e. The van der Waals surface area contributed by atoms with E-state index in [4.69, 9.17) is 4.74 Å². The number of anilines is 1. The molecular formula is C19H21N3O3S. The fraction of sp³-hybridized carbons (Fsp3) is 0.316.